The van der Waals surface area contributed by atoms with Gasteiger partial charge in [0.15, 0.2) is 6.23 Å². The number of benzene rings is 3. The van der Waals surface area contributed by atoms with Gasteiger partial charge in [-0.2, -0.15) is 0 Å². The molecular formula is C23H18Br3N3O. The van der Waals surface area contributed by atoms with Gasteiger partial charge in [-0.05, 0) is 61.5 Å². The first-order chi connectivity index (χ1) is 14.6. The third kappa shape index (κ3) is 2.65. The quantitative estimate of drug-likeness (QED) is 0.335. The van der Waals surface area contributed by atoms with Crippen molar-refractivity contribution in [3.8, 4) is 0 Å². The Hall–Kier alpha value is -1.54. The lowest BCUT2D eigenvalue weighted by Gasteiger charge is -2.60. The van der Waals surface area contributed by atoms with Crippen LogP contribution in [0.3, 0.4) is 0 Å². The van der Waals surface area contributed by atoms with Crippen molar-refractivity contribution in [1.29, 1.82) is 0 Å². The highest BCUT2D eigenvalue weighted by Crippen LogP contribution is 2.59. The summed E-state index contributed by atoms with van der Waals surface area (Å²) in [5, 5.41) is 3.80. The van der Waals surface area contributed by atoms with E-state index in [0.717, 1.165) is 19.1 Å². The first kappa shape index (κ1) is 19.2. The second-order valence-corrected chi connectivity index (χ2v) is 10.4. The second kappa shape index (κ2) is 6.99. The molecule has 0 spiro atoms. The van der Waals surface area contributed by atoms with E-state index < -0.39 is 0 Å². The van der Waals surface area contributed by atoms with Gasteiger partial charge in [0.05, 0.1) is 0 Å². The van der Waals surface area contributed by atoms with Crippen molar-refractivity contribution in [2.45, 2.75) is 25.5 Å². The first-order valence-electron chi connectivity index (χ1n) is 9.90. The topological polar surface area (TPSA) is 27.7 Å². The maximum absolute atomic E-state index is 6.41. The monoisotopic (exact) mass is 589 g/mol. The van der Waals surface area contributed by atoms with Gasteiger partial charge in [-0.3, -0.25) is 0 Å². The van der Waals surface area contributed by atoms with Crippen molar-refractivity contribution in [1.82, 2.24) is 0 Å². The SMILES string of the molecule is CCO[C@H]1c2cc(Br)ccc2N2[C@@H]3c4cc(Br)ccc4N[C@H]2c2cc(Br)ccc2N31. The second-order valence-electron chi connectivity index (χ2n) is 7.68. The molecule has 0 unspecified atom stereocenters. The number of nitrogens with one attached hydrogen (secondary N) is 1. The molecule has 3 aliphatic rings. The van der Waals surface area contributed by atoms with Crippen molar-refractivity contribution in [3.05, 3.63) is 84.7 Å². The van der Waals surface area contributed by atoms with Gasteiger partial charge >= 0.3 is 0 Å². The summed E-state index contributed by atoms with van der Waals surface area (Å²) in [6.45, 7) is 2.70. The van der Waals surface area contributed by atoms with Crippen LogP contribution < -0.4 is 15.1 Å². The lowest BCUT2D eigenvalue weighted by atomic mass is 9.89. The largest absolute Gasteiger partial charge is 0.361 e. The minimum Gasteiger partial charge on any atom is -0.361 e. The molecule has 0 saturated carbocycles. The lowest BCUT2D eigenvalue weighted by molar-refractivity contribution is 0.0453. The van der Waals surface area contributed by atoms with Gasteiger partial charge in [-0.25, -0.2) is 0 Å². The zero-order chi connectivity index (χ0) is 20.6. The number of rotatable bonds is 2. The average Bonchev–Trinajstić information content (AvgIpc) is 2.73. The van der Waals surface area contributed by atoms with Gasteiger partial charge in [-0.1, -0.05) is 47.8 Å². The molecule has 0 aliphatic carbocycles. The van der Waals surface area contributed by atoms with Gasteiger partial charge in [0.1, 0.15) is 12.3 Å². The van der Waals surface area contributed by atoms with E-state index in [1.54, 1.807) is 0 Å². The van der Waals surface area contributed by atoms with Crippen LogP contribution >= 0.6 is 47.8 Å². The van der Waals surface area contributed by atoms with Gasteiger partial charge in [0, 0.05) is 53.8 Å². The molecule has 3 aliphatic heterocycles. The molecule has 1 N–H and O–H groups in total. The Kier molecular flexibility index (Phi) is 4.46. The highest BCUT2D eigenvalue weighted by molar-refractivity contribution is 9.11. The fraction of sp³-hybridized carbons (Fsp3) is 0.217. The first-order valence-corrected chi connectivity index (χ1v) is 12.3. The minimum absolute atomic E-state index is 0.0370. The van der Waals surface area contributed by atoms with Crippen molar-refractivity contribution in [2.75, 3.05) is 21.7 Å². The summed E-state index contributed by atoms with van der Waals surface area (Å²) in [7, 11) is 0. The molecule has 3 aromatic carbocycles. The smallest absolute Gasteiger partial charge is 0.160 e. The Labute approximate surface area is 200 Å². The van der Waals surface area contributed by atoms with Gasteiger partial charge < -0.3 is 19.9 Å². The maximum atomic E-state index is 6.41. The van der Waals surface area contributed by atoms with Crippen LogP contribution in [0, 0.1) is 0 Å². The normalized spacial score (nSPS) is 22.7. The molecule has 3 heterocycles. The molecule has 0 saturated heterocycles. The third-order valence-electron chi connectivity index (χ3n) is 6.06. The summed E-state index contributed by atoms with van der Waals surface area (Å²) in [5.74, 6) is 0. The zero-order valence-corrected chi connectivity index (χ0v) is 20.8. The maximum Gasteiger partial charge on any atom is 0.160 e. The molecule has 4 bridgehead atoms. The van der Waals surface area contributed by atoms with Crippen LogP contribution in [0.2, 0.25) is 0 Å². The Morgan fingerprint density at radius 3 is 2.10 bits per heavy atom. The standard InChI is InChI=1S/C23H18Br3N3O/c1-2-30-23-17-11-14(26)5-8-20(17)28-21-16-10-13(25)4-7-19(16)29(23)22(28)15-9-12(24)3-6-18(15)27-21/h3-11,21-23,27H,2H2,1H3/t21-,22+,23+/m1/s1. The molecule has 0 fully saturated rings. The lowest BCUT2D eigenvalue weighted by Crippen LogP contribution is -2.57. The number of ether oxygens (including phenoxy) is 1. The van der Waals surface area contributed by atoms with Crippen LogP contribution in [0.15, 0.2) is 68.0 Å². The van der Waals surface area contributed by atoms with Crippen LogP contribution in [0.4, 0.5) is 17.1 Å². The summed E-state index contributed by atoms with van der Waals surface area (Å²) < 4.78 is 9.62. The molecule has 3 aromatic rings. The van der Waals surface area contributed by atoms with E-state index in [9.17, 15) is 0 Å². The number of anilines is 3. The summed E-state index contributed by atoms with van der Waals surface area (Å²) in [6, 6.07) is 19.5. The fourth-order valence-corrected chi connectivity index (χ4v) is 6.11. The fourth-order valence-electron chi connectivity index (χ4n) is 4.97. The highest BCUT2D eigenvalue weighted by atomic mass is 79.9. The number of hydrogen-bond acceptors (Lipinski definition) is 4. The van der Waals surface area contributed by atoms with E-state index >= 15 is 0 Å². The Morgan fingerprint density at radius 2 is 1.40 bits per heavy atom. The van der Waals surface area contributed by atoms with Crippen LogP contribution in [0.1, 0.15) is 42.2 Å². The number of hydrogen-bond donors (Lipinski definition) is 1. The third-order valence-corrected chi connectivity index (χ3v) is 7.54. The summed E-state index contributed by atoms with van der Waals surface area (Å²) in [4.78, 5) is 4.92. The molecular weight excluding hydrogens is 574 g/mol. The van der Waals surface area contributed by atoms with E-state index in [2.05, 4.69) is 124 Å². The Balaban J connectivity index is 1.68. The molecule has 0 radical (unpaired) electrons. The molecule has 30 heavy (non-hydrogen) atoms. The number of halogens is 3. The Bertz CT molecular complexity index is 1180. The van der Waals surface area contributed by atoms with Gasteiger partial charge in [0.25, 0.3) is 0 Å². The van der Waals surface area contributed by atoms with Crippen molar-refractivity contribution in [2.24, 2.45) is 0 Å². The molecule has 6 rings (SSSR count). The van der Waals surface area contributed by atoms with Crippen LogP contribution in [0.5, 0.6) is 0 Å². The summed E-state index contributed by atoms with van der Waals surface area (Å²) in [5.41, 5.74) is 7.23. The minimum atomic E-state index is -0.172. The van der Waals surface area contributed by atoms with E-state index in [1.165, 1.54) is 28.1 Å². The average molecular weight is 592 g/mol. The number of fused-ring (bicyclic) bond motifs is 5. The molecule has 4 nitrogen and oxygen atoms in total. The highest BCUT2D eigenvalue weighted by Gasteiger charge is 2.51. The van der Waals surface area contributed by atoms with Crippen LogP contribution in [-0.4, -0.2) is 6.61 Å². The van der Waals surface area contributed by atoms with Crippen molar-refractivity contribution < 1.29 is 4.74 Å². The molecule has 152 valence electrons. The summed E-state index contributed by atoms with van der Waals surface area (Å²) in [6.07, 6.45) is -0.0906. The predicted octanol–water partition coefficient (Wildman–Crippen LogP) is 7.47. The zero-order valence-electron chi connectivity index (χ0n) is 16.1. The summed E-state index contributed by atoms with van der Waals surface area (Å²) >= 11 is 11.0. The predicted molar refractivity (Wildman–Crippen MR) is 131 cm³/mol. The molecule has 0 aromatic heterocycles. The molecule has 7 heteroatoms. The van der Waals surface area contributed by atoms with Gasteiger partial charge in [0.2, 0.25) is 0 Å². The van der Waals surface area contributed by atoms with Gasteiger partial charge in [-0.15, -0.1) is 0 Å². The van der Waals surface area contributed by atoms with Crippen molar-refractivity contribution in [3.63, 3.8) is 0 Å². The molecule has 0 amide bonds. The van der Waals surface area contributed by atoms with E-state index in [0.29, 0.717) is 6.61 Å². The van der Waals surface area contributed by atoms with Crippen LogP contribution in [0.25, 0.3) is 0 Å². The van der Waals surface area contributed by atoms with Crippen molar-refractivity contribution >= 4 is 64.9 Å². The number of nitrogens with zero attached hydrogens (tertiary/aromatic N) is 2. The Morgan fingerprint density at radius 1 is 0.800 bits per heavy atom. The van der Waals surface area contributed by atoms with E-state index in [1.807, 2.05) is 0 Å². The van der Waals surface area contributed by atoms with E-state index in [-0.39, 0.29) is 18.6 Å². The van der Waals surface area contributed by atoms with E-state index in [4.69, 9.17) is 4.74 Å². The molecule has 3 atom stereocenters. The van der Waals surface area contributed by atoms with Crippen LogP contribution in [-0.2, 0) is 4.74 Å².